The Bertz CT molecular complexity index is 5430. The predicted octanol–water partition coefficient (Wildman–Crippen LogP) is 12.8. The number of halogens is 1. The van der Waals surface area contributed by atoms with Crippen LogP contribution >= 0.6 is 39.5 Å². The van der Waals surface area contributed by atoms with Gasteiger partial charge in [-0.25, -0.2) is 65.6 Å². The zero-order chi connectivity index (χ0) is 93.9. The molecule has 7 fully saturated rings. The summed E-state index contributed by atoms with van der Waals surface area (Å²) in [5, 5.41) is 4.70. The predicted molar refractivity (Wildman–Crippen MR) is 565 cm³/mol. The maximum Gasteiger partial charge on any atom is 1.00 e. The second kappa shape index (κ2) is 49.3. The molecule has 4 aromatic heterocycles. The van der Waals surface area contributed by atoms with Crippen LogP contribution in [0.3, 0.4) is 0 Å². The van der Waals surface area contributed by atoms with Crippen LogP contribution in [0.15, 0.2) is 142 Å². The van der Waals surface area contributed by atoms with Crippen molar-refractivity contribution in [1.82, 2.24) is 58.8 Å². The van der Waals surface area contributed by atoms with E-state index >= 15 is 0 Å². The van der Waals surface area contributed by atoms with Crippen molar-refractivity contribution in [3.05, 3.63) is 189 Å². The molecular formula is C104H148BrKN16Na2O4S8. The molecule has 32 heteroatoms. The summed E-state index contributed by atoms with van der Waals surface area (Å²) >= 11 is 17.7. The van der Waals surface area contributed by atoms with Crippen molar-refractivity contribution in [2.75, 3.05) is 72.0 Å². The van der Waals surface area contributed by atoms with E-state index in [9.17, 15) is 16.8 Å². The Labute approximate surface area is 941 Å². The third kappa shape index (κ3) is 27.5. The smallest absolute Gasteiger partial charge is 1.00 e. The van der Waals surface area contributed by atoms with Crippen LogP contribution in [0.5, 0.6) is 0 Å². The summed E-state index contributed by atoms with van der Waals surface area (Å²) in [6, 6.07) is 35.2. The van der Waals surface area contributed by atoms with Crippen LogP contribution in [0.1, 0.15) is 312 Å². The Kier molecular flexibility index (Phi) is 41.5. The van der Waals surface area contributed by atoms with Gasteiger partial charge < -0.3 is 46.3 Å². The molecule has 8 aromatic rings. The van der Waals surface area contributed by atoms with Crippen LogP contribution in [0.25, 0.3) is 0 Å². The van der Waals surface area contributed by atoms with Crippen LogP contribution < -0.4 is 149 Å². The van der Waals surface area contributed by atoms with Crippen molar-refractivity contribution < 1.29 is 129 Å². The number of thioether (sulfide) groups is 2. The number of benzene rings is 4. The zero-order valence-electron chi connectivity index (χ0n) is 84.9. The monoisotopic (exact) mass is 2110 g/mol. The summed E-state index contributed by atoms with van der Waals surface area (Å²) in [5.41, 5.74) is 15.0. The molecule has 4 aromatic carbocycles. The molecule has 8 atom stereocenters. The van der Waals surface area contributed by atoms with Crippen molar-refractivity contribution in [3.8, 4) is 0 Å². The van der Waals surface area contributed by atoms with Crippen LogP contribution in [0.4, 0.5) is 23.3 Å². The molecule has 0 bridgehead atoms. The molecule has 20 nitrogen and oxygen atoms in total. The Morgan fingerprint density at radius 1 is 0.382 bits per heavy atom. The van der Waals surface area contributed by atoms with Crippen LogP contribution in [0, 0.1) is 49.4 Å². The number of fused-ring (bicyclic) bond motifs is 4. The summed E-state index contributed by atoms with van der Waals surface area (Å²) in [7, 11) is -4.43. The average Bonchev–Trinajstić information content (AvgIpc) is 1.61. The number of nitrogens with zero attached hydrogens (tertiary/aromatic N) is 12. The van der Waals surface area contributed by atoms with Gasteiger partial charge in [0, 0.05) is 79.6 Å². The second-order valence-corrected chi connectivity index (χ2v) is 55.7. The number of hydrogen-bond acceptors (Lipinski definition) is 20. The molecule has 19 rings (SSSR count). The fraction of sp³-hybridized carbons (Fsp3) is 0.615. The molecule has 8 heterocycles. The van der Waals surface area contributed by atoms with E-state index in [0.29, 0.717) is 20.6 Å². The standard InChI is InChI=1S/2C27H38N4OS2.2C22H30N4OS2.C5H9Br.CH4.K.2Na.H/c1-19-25(28-18-23(29-19)33-21-10-6-7-11-21)31-15-13-27(14-16-31)17-20-9-5-8-12-22(20)24(27)30-34(32)26(2,3)4;1-19-25(33-21-10-6-7-11-21)28-18-23(29-19)31-15-13-27(14-16-31)17-20-9-5-8-12-22(20)24(27)30-34(32)26(2,3)4;1-15-20(23-14-18(28)24-15)26-11-9-22(10-12-26)13-16-7-5-6-8-17(16)19(22)25-29(27)21(2,3)4;1-15-20(28)23-14-18(24-15)26-11-9-22(10-12-26)13-16-7-5-6-8-17(16)19(22)25-29(27)21(2,3)4;6-5-3-1-2-4-5;;;;;/h2*5,8-9,12,18,21,24,30H,6-7,10-11,13-17H2,1-4H3;5-8,14,19,25H,9-13H2,1-4H3,(H,24,28);5-8,14,19,25H,9-13H2,1-4H3,(H,23,28);5H,1-4H2;1H4;;;;/q;;;;;;3*+1;-1/p-2/t2*24-,34-;2*19-,29-;;;;;;/m1111....../s1/i;;;;;;;;;1+1. The first kappa shape index (κ1) is 114. The molecular weight excluding hydrogens is 1960 g/mol. The summed E-state index contributed by atoms with van der Waals surface area (Å²) < 4.78 is 65.2. The van der Waals surface area contributed by atoms with Crippen LogP contribution in [0.2, 0.25) is 0 Å². The molecule has 4 spiro atoms. The van der Waals surface area contributed by atoms with E-state index in [2.05, 4.69) is 185 Å². The van der Waals surface area contributed by atoms with Crippen LogP contribution in [-0.4, -0.2) is 143 Å². The molecule has 4 saturated heterocycles. The number of alkyl halides is 1. The number of aryl methyl sites for hydroxylation is 4. The van der Waals surface area contributed by atoms with Gasteiger partial charge in [0.1, 0.15) is 33.3 Å². The first-order chi connectivity index (χ1) is 62.8. The summed E-state index contributed by atoms with van der Waals surface area (Å²) in [6.07, 6.45) is 36.2. The summed E-state index contributed by atoms with van der Waals surface area (Å²) in [5.74, 6) is 3.88. The van der Waals surface area contributed by atoms with Gasteiger partial charge in [-0.05, 0) is 293 Å². The number of piperidine rings is 4. The maximum absolute atomic E-state index is 13.1. The zero-order valence-corrected chi connectivity index (χ0v) is 99.1. The van der Waals surface area contributed by atoms with Crippen molar-refractivity contribution >= 4 is 132 Å². The SMILES string of the molecule is BrC1CCCC1.C.Cc1nc(N2CCC3(CC2)Cc2ccccc2[C@H]3N[S@](=O)C(C)(C)C)cnc1SC1CCCC1.Cc1nc(N2CCC3(CC2)Cc2ccccc2[C@H]3N[S@](=O)C(C)(C)C)cnc1[S-].Cc1nc(SC2CCCC2)cnc1N1CCC2(CC1)Cc1ccccc1[C@H]2N[S@](=O)C(C)(C)C.Cc1nc([S-])cnc1N1CCC2(CC1)Cc1ccccc1[C@H]2N[S@](=O)C(C)(C)C.[2H-].[K+].[Na+].[Na+]. The normalized spacial score (nSPS) is 22.2. The maximum atomic E-state index is 13.1. The van der Waals surface area contributed by atoms with Gasteiger partial charge in [-0.2, -0.15) is 0 Å². The van der Waals surface area contributed by atoms with Gasteiger partial charge in [-0.1, -0.05) is 169 Å². The molecule has 11 aliphatic rings. The van der Waals surface area contributed by atoms with E-state index in [1.54, 1.807) is 12.4 Å². The van der Waals surface area contributed by atoms with Crippen molar-refractivity contribution in [2.45, 2.75) is 351 Å². The summed E-state index contributed by atoms with van der Waals surface area (Å²) in [4.78, 5) is 47.8. The van der Waals surface area contributed by atoms with E-state index in [1.807, 2.05) is 133 Å². The minimum atomic E-state index is -1.11. The number of rotatable bonds is 16. The Morgan fingerprint density at radius 2 is 0.676 bits per heavy atom. The first-order valence-corrected chi connectivity index (χ1v) is 56.6. The molecule has 4 N–H and O–H groups in total. The number of nitrogens with one attached hydrogen (secondary N) is 4. The number of aromatic nitrogens is 8. The average molecular weight is 2110 g/mol. The van der Waals surface area contributed by atoms with Crippen LogP contribution in [-0.2, 0) is 94.9 Å². The molecule has 0 amide bonds. The van der Waals surface area contributed by atoms with Gasteiger partial charge >= 0.3 is 110 Å². The molecule has 7 aliphatic carbocycles. The number of anilines is 4. The largest absolute Gasteiger partial charge is 1.00 e. The van der Waals surface area contributed by atoms with Gasteiger partial charge in [0.2, 0.25) is 0 Å². The molecule has 0 radical (unpaired) electrons. The van der Waals surface area contributed by atoms with E-state index in [0.717, 1.165) is 190 Å². The Balaban J connectivity index is 0.000000183. The minimum Gasteiger partial charge on any atom is -1.00 e. The van der Waals surface area contributed by atoms with Crippen molar-refractivity contribution in [2.24, 2.45) is 21.7 Å². The molecule has 0 unspecified atom stereocenters. The topological polar surface area (TPSA) is 232 Å². The minimum absolute atomic E-state index is 0. The fourth-order valence-electron chi connectivity index (χ4n) is 21.7. The van der Waals surface area contributed by atoms with E-state index in [-0.39, 0.29) is 184 Å². The molecule has 726 valence electrons. The molecule has 4 aliphatic heterocycles. The van der Waals surface area contributed by atoms with E-state index < -0.39 is 43.9 Å². The third-order valence-corrected chi connectivity index (χ3v) is 40.0. The van der Waals surface area contributed by atoms with Gasteiger partial charge in [0.15, 0.2) is 0 Å². The molecule has 136 heavy (non-hydrogen) atoms. The third-order valence-electron chi connectivity index (χ3n) is 29.5. The Morgan fingerprint density at radius 3 is 0.978 bits per heavy atom. The van der Waals surface area contributed by atoms with Gasteiger partial charge in [0.25, 0.3) is 0 Å². The van der Waals surface area contributed by atoms with Gasteiger partial charge in [-0.15, -0.1) is 23.5 Å². The fourth-order valence-corrected chi connectivity index (χ4v) is 28.9. The Hall–Kier alpha value is -1.90. The van der Waals surface area contributed by atoms with Crippen molar-refractivity contribution in [1.29, 1.82) is 0 Å². The van der Waals surface area contributed by atoms with Gasteiger partial charge in [0.05, 0.1) is 123 Å². The van der Waals surface area contributed by atoms with Gasteiger partial charge in [-0.3, -0.25) is 9.97 Å². The second-order valence-electron chi connectivity index (χ2n) is 43.0. The van der Waals surface area contributed by atoms with E-state index in [4.69, 9.17) is 45.2 Å². The number of hydrogen-bond donors (Lipinski definition) is 4. The summed E-state index contributed by atoms with van der Waals surface area (Å²) in [6.45, 7) is 40.0. The molecule has 3 saturated carbocycles. The van der Waals surface area contributed by atoms with E-state index in [1.165, 1.54) is 122 Å². The van der Waals surface area contributed by atoms with Crippen molar-refractivity contribution in [3.63, 3.8) is 0 Å². The quantitative estimate of drug-likeness (QED) is 0.0400. The first-order valence-electron chi connectivity index (χ1n) is 48.5.